The Labute approximate surface area is 179 Å². The van der Waals surface area contributed by atoms with Gasteiger partial charge < -0.3 is 24.6 Å². The van der Waals surface area contributed by atoms with Crippen molar-refractivity contribution in [2.75, 3.05) is 26.1 Å². The van der Waals surface area contributed by atoms with Gasteiger partial charge in [0.25, 0.3) is 5.91 Å². The summed E-state index contributed by atoms with van der Waals surface area (Å²) in [5.41, 5.74) is 0.0175. The molecule has 162 valence electrons. The summed E-state index contributed by atoms with van der Waals surface area (Å²) in [5.74, 6) is -1.91. The molecule has 1 amide bonds. The molecule has 8 heteroatoms. The number of anilines is 1. The van der Waals surface area contributed by atoms with Crippen LogP contribution in [0.1, 0.15) is 17.3 Å². The number of nitrogens with one attached hydrogen (secondary N) is 1. The second kappa shape index (κ2) is 11.3. The van der Waals surface area contributed by atoms with Crippen LogP contribution < -0.4 is 14.8 Å². The van der Waals surface area contributed by atoms with E-state index < -0.39 is 17.8 Å². The maximum atomic E-state index is 12.1. The number of fused-ring (bicyclic) bond motifs is 1. The first-order valence-electron chi connectivity index (χ1n) is 9.21. The summed E-state index contributed by atoms with van der Waals surface area (Å²) >= 11 is 0. The van der Waals surface area contributed by atoms with E-state index in [-0.39, 0.29) is 23.6 Å². The molecule has 0 aliphatic carbocycles. The van der Waals surface area contributed by atoms with Crippen molar-refractivity contribution in [2.24, 2.45) is 0 Å². The van der Waals surface area contributed by atoms with Gasteiger partial charge in [0.05, 0.1) is 0 Å². The lowest BCUT2D eigenvalue weighted by Gasteiger charge is -2.11. The molecule has 3 aromatic rings. The number of hydrogen-bond donors (Lipinski definition) is 2. The van der Waals surface area contributed by atoms with Crippen molar-refractivity contribution in [3.8, 4) is 11.5 Å². The van der Waals surface area contributed by atoms with Crippen LogP contribution in [0.3, 0.4) is 0 Å². The summed E-state index contributed by atoms with van der Waals surface area (Å²) < 4.78 is 14.6. The lowest BCUT2D eigenvalue weighted by atomic mass is 10.1. The quantitative estimate of drug-likeness (QED) is 0.457. The van der Waals surface area contributed by atoms with Crippen molar-refractivity contribution in [3.05, 3.63) is 66.2 Å². The molecular weight excluding hydrogens is 402 g/mol. The minimum absolute atomic E-state index is 0.0922. The molecule has 0 aliphatic heterocycles. The lowest BCUT2D eigenvalue weighted by Crippen LogP contribution is -2.20. The van der Waals surface area contributed by atoms with Gasteiger partial charge in [-0.05, 0) is 41.1 Å². The predicted molar refractivity (Wildman–Crippen MR) is 116 cm³/mol. The van der Waals surface area contributed by atoms with Gasteiger partial charge >= 0.3 is 11.9 Å². The predicted octanol–water partition coefficient (Wildman–Crippen LogP) is 3.74. The first-order valence-corrected chi connectivity index (χ1v) is 9.21. The first kappa shape index (κ1) is 23.4. The van der Waals surface area contributed by atoms with Crippen LogP contribution in [-0.2, 0) is 14.3 Å². The third-order valence-electron chi connectivity index (χ3n) is 3.84. The summed E-state index contributed by atoms with van der Waals surface area (Å²) in [7, 11) is 3.25. The number of methoxy groups -OCH3 is 1. The number of carbonyl (C=O) groups is 3. The van der Waals surface area contributed by atoms with Gasteiger partial charge in [-0.2, -0.15) is 0 Å². The largest absolute Gasteiger partial charge is 0.484 e. The van der Waals surface area contributed by atoms with Crippen LogP contribution in [0.4, 0.5) is 5.69 Å². The topological polar surface area (TPSA) is 111 Å². The fraction of sp³-hybridized carbons (Fsp3) is 0.174. The zero-order valence-electron chi connectivity index (χ0n) is 17.4. The number of esters is 1. The minimum Gasteiger partial charge on any atom is -0.484 e. The normalized spacial score (nSPS) is 9.90. The fourth-order valence-corrected chi connectivity index (χ4v) is 2.62. The minimum atomic E-state index is -1.28. The Hall–Kier alpha value is -3.91. The van der Waals surface area contributed by atoms with Crippen LogP contribution in [0.2, 0.25) is 0 Å². The Morgan fingerprint density at radius 2 is 1.61 bits per heavy atom. The molecule has 0 fully saturated rings. The molecular formula is C23H23NO7. The van der Waals surface area contributed by atoms with Gasteiger partial charge in [0.15, 0.2) is 6.61 Å². The van der Waals surface area contributed by atoms with E-state index in [2.05, 4.69) is 10.1 Å². The molecule has 0 heterocycles. The van der Waals surface area contributed by atoms with E-state index in [9.17, 15) is 19.5 Å². The number of benzene rings is 3. The SMILES string of the molecule is CC(=O)Oc1ccc(NC(=O)COc2ccc3ccccc3c2)cc1C(=O)O.COC. The van der Waals surface area contributed by atoms with Crippen LogP contribution in [0.25, 0.3) is 10.8 Å². The van der Waals surface area contributed by atoms with Crippen molar-refractivity contribution >= 4 is 34.3 Å². The summed E-state index contributed by atoms with van der Waals surface area (Å²) in [4.78, 5) is 34.5. The van der Waals surface area contributed by atoms with E-state index in [4.69, 9.17) is 9.47 Å². The smallest absolute Gasteiger partial charge is 0.339 e. The van der Waals surface area contributed by atoms with Gasteiger partial charge in [-0.1, -0.05) is 30.3 Å². The molecule has 0 aliphatic rings. The van der Waals surface area contributed by atoms with Gasteiger partial charge in [-0.3, -0.25) is 9.59 Å². The molecule has 0 atom stereocenters. The van der Waals surface area contributed by atoms with Crippen LogP contribution in [0.5, 0.6) is 11.5 Å². The Balaban J connectivity index is 0.00000107. The average Bonchev–Trinajstić information content (AvgIpc) is 2.73. The zero-order valence-corrected chi connectivity index (χ0v) is 17.4. The number of carboxylic acid groups (broad SMARTS) is 1. The Bertz CT molecular complexity index is 1080. The van der Waals surface area contributed by atoms with Crippen molar-refractivity contribution in [1.82, 2.24) is 0 Å². The van der Waals surface area contributed by atoms with Crippen LogP contribution in [-0.4, -0.2) is 43.8 Å². The van der Waals surface area contributed by atoms with Crippen LogP contribution in [0.15, 0.2) is 60.7 Å². The maximum absolute atomic E-state index is 12.1. The number of carbonyl (C=O) groups excluding carboxylic acids is 2. The van der Waals surface area contributed by atoms with Gasteiger partial charge in [-0.25, -0.2) is 4.79 Å². The highest BCUT2D eigenvalue weighted by Crippen LogP contribution is 2.24. The molecule has 0 radical (unpaired) electrons. The summed E-state index contributed by atoms with van der Waals surface area (Å²) in [6, 6.07) is 17.2. The Morgan fingerprint density at radius 1 is 0.935 bits per heavy atom. The molecule has 0 saturated carbocycles. The van der Waals surface area contributed by atoms with Crippen molar-refractivity contribution in [2.45, 2.75) is 6.92 Å². The molecule has 0 unspecified atom stereocenters. The molecule has 0 bridgehead atoms. The van der Waals surface area contributed by atoms with Gasteiger partial charge in [-0.15, -0.1) is 0 Å². The van der Waals surface area contributed by atoms with E-state index in [1.807, 2.05) is 36.4 Å². The second-order valence-corrected chi connectivity index (χ2v) is 6.36. The third kappa shape index (κ3) is 7.13. The second-order valence-electron chi connectivity index (χ2n) is 6.36. The Kier molecular flexibility index (Phi) is 8.53. The van der Waals surface area contributed by atoms with Gasteiger partial charge in [0.1, 0.15) is 17.1 Å². The molecule has 3 aromatic carbocycles. The van der Waals surface area contributed by atoms with Gasteiger partial charge in [0.2, 0.25) is 0 Å². The third-order valence-corrected chi connectivity index (χ3v) is 3.84. The van der Waals surface area contributed by atoms with Crippen LogP contribution >= 0.6 is 0 Å². The maximum Gasteiger partial charge on any atom is 0.339 e. The molecule has 0 spiro atoms. The van der Waals surface area contributed by atoms with Crippen molar-refractivity contribution < 1.29 is 33.7 Å². The van der Waals surface area contributed by atoms with E-state index in [0.717, 1.165) is 10.8 Å². The average molecular weight is 425 g/mol. The molecule has 31 heavy (non-hydrogen) atoms. The van der Waals surface area contributed by atoms with E-state index >= 15 is 0 Å². The summed E-state index contributed by atoms with van der Waals surface area (Å²) in [6.45, 7) is 0.928. The lowest BCUT2D eigenvalue weighted by molar-refractivity contribution is -0.131. The summed E-state index contributed by atoms with van der Waals surface area (Å²) in [5, 5.41) is 13.9. The fourth-order valence-electron chi connectivity index (χ4n) is 2.62. The zero-order chi connectivity index (χ0) is 22.8. The van der Waals surface area contributed by atoms with Crippen molar-refractivity contribution in [3.63, 3.8) is 0 Å². The van der Waals surface area contributed by atoms with E-state index in [1.165, 1.54) is 25.1 Å². The number of amides is 1. The molecule has 0 aromatic heterocycles. The highest BCUT2D eigenvalue weighted by Gasteiger charge is 2.15. The van der Waals surface area contributed by atoms with Gasteiger partial charge in [0, 0.05) is 26.8 Å². The molecule has 0 saturated heterocycles. The highest BCUT2D eigenvalue weighted by atomic mass is 16.5. The molecule has 3 rings (SSSR count). The number of hydrogen-bond acceptors (Lipinski definition) is 6. The number of rotatable bonds is 6. The number of ether oxygens (including phenoxy) is 3. The van der Waals surface area contributed by atoms with E-state index in [1.54, 1.807) is 20.3 Å². The first-order chi connectivity index (χ1) is 14.8. The molecule has 8 nitrogen and oxygen atoms in total. The van der Waals surface area contributed by atoms with E-state index in [0.29, 0.717) is 5.75 Å². The molecule has 2 N–H and O–H groups in total. The summed E-state index contributed by atoms with van der Waals surface area (Å²) in [6.07, 6.45) is 0. The highest BCUT2D eigenvalue weighted by molar-refractivity contribution is 5.96. The number of carboxylic acids is 1. The Morgan fingerprint density at radius 3 is 2.26 bits per heavy atom. The number of aromatic carboxylic acids is 1. The van der Waals surface area contributed by atoms with Crippen molar-refractivity contribution in [1.29, 1.82) is 0 Å². The van der Waals surface area contributed by atoms with Crippen LogP contribution in [0, 0.1) is 0 Å². The monoisotopic (exact) mass is 425 g/mol. The standard InChI is InChI=1S/C21H17NO6.C2H6O/c1-13(23)28-19-9-7-16(11-18(19)21(25)26)22-20(24)12-27-17-8-6-14-4-2-3-5-15(14)10-17;1-3-2/h2-11H,12H2,1H3,(H,22,24)(H,25,26);1-2H3.